The smallest absolute Gasteiger partial charge is 0.161 e. The van der Waals surface area contributed by atoms with Crippen molar-refractivity contribution in [1.82, 2.24) is 0 Å². The Bertz CT molecular complexity index is 553. The van der Waals surface area contributed by atoms with Crippen LogP contribution in [-0.2, 0) is 0 Å². The van der Waals surface area contributed by atoms with E-state index in [0.29, 0.717) is 0 Å². The van der Waals surface area contributed by atoms with Gasteiger partial charge >= 0.3 is 0 Å². The molecule has 0 spiro atoms. The molecule has 0 N–H and O–H groups in total. The minimum absolute atomic E-state index is 0.0240. The van der Waals surface area contributed by atoms with E-state index >= 15 is 0 Å². The highest BCUT2D eigenvalue weighted by Gasteiger charge is 2.15. The molecule has 0 unspecified atom stereocenters. The molecule has 1 aromatic rings. The van der Waals surface area contributed by atoms with Crippen LogP contribution < -0.4 is 0 Å². The van der Waals surface area contributed by atoms with Gasteiger partial charge in [0.1, 0.15) is 18.2 Å². The Morgan fingerprint density at radius 1 is 1.07 bits per heavy atom. The molecule has 70 valence electrons. The van der Waals surface area contributed by atoms with Crippen molar-refractivity contribution in [2.45, 2.75) is 6.92 Å². The van der Waals surface area contributed by atoms with Crippen LogP contribution in [-0.4, -0.2) is 5.78 Å². The van der Waals surface area contributed by atoms with E-state index in [0.717, 1.165) is 0 Å². The maximum atomic E-state index is 11.1. The predicted molar refractivity (Wildman–Crippen MR) is 50.6 cm³/mol. The van der Waals surface area contributed by atoms with E-state index in [1.54, 1.807) is 18.2 Å². The first-order valence-electron chi connectivity index (χ1n) is 4.04. The highest BCUT2D eigenvalue weighted by atomic mass is 16.1. The number of hydrogen-bond acceptors (Lipinski definition) is 4. The first kappa shape index (κ1) is 10.4. The first-order valence-corrected chi connectivity index (χ1v) is 4.04. The molecule has 0 aromatic heterocycles. The van der Waals surface area contributed by atoms with E-state index < -0.39 is 0 Å². The lowest BCUT2D eigenvalue weighted by Crippen LogP contribution is -2.01. The molecule has 0 radical (unpaired) electrons. The summed E-state index contributed by atoms with van der Waals surface area (Å²) in [4.78, 5) is 11.1. The molecule has 0 aliphatic carbocycles. The summed E-state index contributed by atoms with van der Waals surface area (Å²) in [6.45, 7) is 1.31. The zero-order valence-corrected chi connectivity index (χ0v) is 7.90. The van der Waals surface area contributed by atoms with Crippen molar-refractivity contribution < 1.29 is 4.79 Å². The summed E-state index contributed by atoms with van der Waals surface area (Å²) < 4.78 is 0. The summed E-state index contributed by atoms with van der Waals surface area (Å²) in [5, 5.41) is 26.3. The lowest BCUT2D eigenvalue weighted by Gasteiger charge is -2.02. The number of rotatable bonds is 1. The van der Waals surface area contributed by atoms with Gasteiger partial charge in [-0.1, -0.05) is 0 Å². The Morgan fingerprint density at radius 2 is 1.67 bits per heavy atom. The molecule has 15 heavy (non-hydrogen) atoms. The van der Waals surface area contributed by atoms with Gasteiger partial charge in [-0.2, -0.15) is 15.8 Å². The molecule has 0 aliphatic heterocycles. The van der Waals surface area contributed by atoms with Crippen molar-refractivity contribution in [2.75, 3.05) is 0 Å². The van der Waals surface area contributed by atoms with E-state index in [2.05, 4.69) is 0 Å². The Kier molecular flexibility index (Phi) is 2.82. The minimum atomic E-state index is -0.299. The standard InChI is InChI=1S/C11H5N3O/c1-7(15)9-3-2-8(4-12)10(5-13)11(9)6-14/h2-3H,1H3. The molecule has 0 heterocycles. The van der Waals surface area contributed by atoms with E-state index in [1.807, 2.05) is 0 Å². The predicted octanol–water partition coefficient (Wildman–Crippen LogP) is 1.50. The fourth-order valence-electron chi connectivity index (χ4n) is 1.22. The highest BCUT2D eigenvalue weighted by Crippen LogP contribution is 2.18. The van der Waals surface area contributed by atoms with Crippen molar-refractivity contribution in [3.05, 3.63) is 34.4 Å². The van der Waals surface area contributed by atoms with Crippen LogP contribution in [0.15, 0.2) is 12.1 Å². The SMILES string of the molecule is CC(=O)c1ccc(C#N)c(C#N)c1C#N. The number of Topliss-reactive ketones (excluding diaryl/α,β-unsaturated/α-hetero) is 1. The van der Waals surface area contributed by atoms with Crippen molar-refractivity contribution in [1.29, 1.82) is 15.8 Å². The largest absolute Gasteiger partial charge is 0.294 e. The second kappa shape index (κ2) is 4.05. The Morgan fingerprint density at radius 3 is 2.07 bits per heavy atom. The molecular formula is C11H5N3O. The van der Waals surface area contributed by atoms with Crippen LogP contribution in [0.1, 0.15) is 34.0 Å². The molecule has 1 rings (SSSR count). The van der Waals surface area contributed by atoms with Gasteiger partial charge in [0.2, 0.25) is 0 Å². The van der Waals surface area contributed by atoms with Gasteiger partial charge in [0, 0.05) is 5.56 Å². The molecule has 0 saturated heterocycles. The maximum absolute atomic E-state index is 11.1. The van der Waals surface area contributed by atoms with Gasteiger partial charge < -0.3 is 0 Å². The highest BCUT2D eigenvalue weighted by molar-refractivity contribution is 5.97. The van der Waals surface area contributed by atoms with Crippen molar-refractivity contribution in [2.24, 2.45) is 0 Å². The maximum Gasteiger partial charge on any atom is 0.161 e. The van der Waals surface area contributed by atoms with Crippen molar-refractivity contribution >= 4 is 5.78 Å². The molecule has 0 bridgehead atoms. The van der Waals surface area contributed by atoms with Crippen LogP contribution in [0, 0.1) is 34.0 Å². The lowest BCUT2D eigenvalue weighted by atomic mass is 9.96. The topological polar surface area (TPSA) is 88.4 Å². The van der Waals surface area contributed by atoms with Crippen LogP contribution in [0.25, 0.3) is 0 Å². The summed E-state index contributed by atoms with van der Waals surface area (Å²) in [7, 11) is 0. The van der Waals surface area contributed by atoms with E-state index in [1.165, 1.54) is 19.1 Å². The van der Waals surface area contributed by atoms with Crippen molar-refractivity contribution in [3.63, 3.8) is 0 Å². The summed E-state index contributed by atoms with van der Waals surface area (Å²) in [5.74, 6) is -0.299. The number of hydrogen-bond donors (Lipinski definition) is 0. The number of carbonyl (C=O) groups excluding carboxylic acids is 1. The Hall–Kier alpha value is -2.64. The molecule has 1 aromatic carbocycles. The number of nitrogens with zero attached hydrogens (tertiary/aromatic N) is 3. The lowest BCUT2D eigenvalue weighted by molar-refractivity contribution is 0.101. The monoisotopic (exact) mass is 195 g/mol. The third-order valence-electron chi connectivity index (χ3n) is 1.93. The molecule has 0 amide bonds. The first-order chi connectivity index (χ1) is 7.15. The molecule has 0 fully saturated rings. The summed E-state index contributed by atoms with van der Waals surface area (Å²) in [6.07, 6.45) is 0. The number of nitriles is 3. The summed E-state index contributed by atoms with van der Waals surface area (Å²) in [5.41, 5.74) is 0.226. The molecule has 0 aliphatic rings. The van der Waals surface area contributed by atoms with Gasteiger partial charge in [-0.05, 0) is 19.1 Å². The van der Waals surface area contributed by atoms with Gasteiger partial charge in [-0.15, -0.1) is 0 Å². The van der Waals surface area contributed by atoms with Crippen molar-refractivity contribution in [3.8, 4) is 18.2 Å². The normalized spacial score (nSPS) is 8.40. The average molecular weight is 195 g/mol. The van der Waals surface area contributed by atoms with E-state index in [4.69, 9.17) is 15.8 Å². The van der Waals surface area contributed by atoms with Gasteiger partial charge in [0.05, 0.1) is 16.7 Å². The second-order valence-electron chi connectivity index (χ2n) is 2.80. The number of ketones is 1. The molecule has 0 saturated carbocycles. The molecule has 0 atom stereocenters. The molecule has 4 heteroatoms. The van der Waals surface area contributed by atoms with E-state index in [-0.39, 0.29) is 28.0 Å². The van der Waals surface area contributed by atoms with Crippen LogP contribution >= 0.6 is 0 Å². The van der Waals surface area contributed by atoms with Crippen LogP contribution in [0.5, 0.6) is 0 Å². The quantitative estimate of drug-likeness (QED) is 0.635. The minimum Gasteiger partial charge on any atom is -0.294 e. The Labute approximate surface area is 86.6 Å². The van der Waals surface area contributed by atoms with E-state index in [9.17, 15) is 4.79 Å². The summed E-state index contributed by atoms with van der Waals surface area (Å²) in [6, 6.07) is 8.10. The van der Waals surface area contributed by atoms with Gasteiger partial charge in [-0.25, -0.2) is 0 Å². The number of carbonyl (C=O) groups is 1. The van der Waals surface area contributed by atoms with Crippen LogP contribution in [0.3, 0.4) is 0 Å². The van der Waals surface area contributed by atoms with Crippen LogP contribution in [0.4, 0.5) is 0 Å². The molecule has 4 nitrogen and oxygen atoms in total. The van der Waals surface area contributed by atoms with Gasteiger partial charge in [-0.3, -0.25) is 4.79 Å². The zero-order valence-electron chi connectivity index (χ0n) is 7.90. The summed E-state index contributed by atoms with van der Waals surface area (Å²) >= 11 is 0. The second-order valence-corrected chi connectivity index (χ2v) is 2.80. The van der Waals surface area contributed by atoms with Crippen LogP contribution in [0.2, 0.25) is 0 Å². The Balaban J connectivity index is 3.69. The third-order valence-corrected chi connectivity index (χ3v) is 1.93. The zero-order chi connectivity index (χ0) is 11.4. The van der Waals surface area contributed by atoms with Gasteiger partial charge in [0.15, 0.2) is 5.78 Å². The third kappa shape index (κ3) is 1.68. The molecular weight excluding hydrogens is 190 g/mol. The average Bonchev–Trinajstić information content (AvgIpc) is 2.26. The van der Waals surface area contributed by atoms with Gasteiger partial charge in [0.25, 0.3) is 0 Å². The fraction of sp³-hybridized carbons (Fsp3) is 0.0909. The fourth-order valence-corrected chi connectivity index (χ4v) is 1.22. The number of benzene rings is 1.